The van der Waals surface area contributed by atoms with Gasteiger partial charge in [-0.3, -0.25) is 9.55 Å². The van der Waals surface area contributed by atoms with E-state index in [1.807, 2.05) is 35.2 Å². The molecule has 2 aromatic carbocycles. The number of nitrogens with one attached hydrogen (secondary N) is 3. The van der Waals surface area contributed by atoms with Crippen molar-refractivity contribution in [2.24, 2.45) is 0 Å². The highest BCUT2D eigenvalue weighted by molar-refractivity contribution is 5.83. The molecule has 0 aliphatic carbocycles. The van der Waals surface area contributed by atoms with Crippen molar-refractivity contribution in [3.63, 3.8) is 0 Å². The van der Waals surface area contributed by atoms with Crippen LogP contribution in [0.15, 0.2) is 78.2 Å². The molecule has 3 aromatic heterocycles. The van der Waals surface area contributed by atoms with Gasteiger partial charge in [-0.25, -0.2) is 14.2 Å². The fourth-order valence-electron chi connectivity index (χ4n) is 4.24. The third-order valence-corrected chi connectivity index (χ3v) is 5.81. The van der Waals surface area contributed by atoms with E-state index in [9.17, 15) is 9.18 Å². The van der Waals surface area contributed by atoms with Gasteiger partial charge in [-0.2, -0.15) is 0 Å². The van der Waals surface area contributed by atoms with Crippen molar-refractivity contribution in [3.05, 3.63) is 95.3 Å². The molecule has 0 atom stereocenters. The van der Waals surface area contributed by atoms with E-state index in [1.165, 1.54) is 23.1 Å². The van der Waals surface area contributed by atoms with Gasteiger partial charge in [-0.05, 0) is 36.6 Å². The number of fused-ring (bicyclic) bond motifs is 1. The monoisotopic (exact) mass is 444 g/mol. The number of hydrogen-bond acceptors (Lipinski definition) is 3. The summed E-state index contributed by atoms with van der Waals surface area (Å²) in [5.41, 5.74) is 3.42. The van der Waals surface area contributed by atoms with Gasteiger partial charge in [0.05, 0.1) is 12.0 Å². The van der Waals surface area contributed by atoms with E-state index in [2.05, 4.69) is 32.4 Å². The Bertz CT molecular complexity index is 1410. The highest BCUT2D eigenvalue weighted by Crippen LogP contribution is 2.27. The van der Waals surface area contributed by atoms with E-state index >= 15 is 0 Å². The molecule has 0 fully saturated rings. The standard InChI is InChI=1S/C25H25FN6O/c26-20-6-3-5-18(15-20)23-24(28-10-9-19-16-29-22-8-2-1-7-21(19)22)30-25(33)32(23)13-4-12-31-14-11-27-17-31/h1-3,5-8,11,14-17,28-29H,4,9-10,12-13H2,(H,30,33). The van der Waals surface area contributed by atoms with Crippen LogP contribution in [0.4, 0.5) is 10.2 Å². The van der Waals surface area contributed by atoms with E-state index in [0.29, 0.717) is 30.2 Å². The molecule has 0 aliphatic heterocycles. The molecule has 0 saturated heterocycles. The topological polar surface area (TPSA) is 83.4 Å². The summed E-state index contributed by atoms with van der Waals surface area (Å²) in [6, 6.07) is 14.5. The summed E-state index contributed by atoms with van der Waals surface area (Å²) in [7, 11) is 0. The molecule has 7 nitrogen and oxygen atoms in total. The molecule has 0 aliphatic rings. The summed E-state index contributed by atoms with van der Waals surface area (Å²) >= 11 is 0. The first-order valence-electron chi connectivity index (χ1n) is 11.0. The zero-order chi connectivity index (χ0) is 22.6. The second-order valence-corrected chi connectivity index (χ2v) is 8.01. The Morgan fingerprint density at radius 2 is 2.00 bits per heavy atom. The molecule has 0 unspecified atom stereocenters. The number of hydrogen-bond donors (Lipinski definition) is 3. The predicted molar refractivity (Wildman–Crippen MR) is 128 cm³/mol. The van der Waals surface area contributed by atoms with Crippen LogP contribution in [-0.4, -0.2) is 30.6 Å². The largest absolute Gasteiger partial charge is 0.369 e. The number of benzene rings is 2. The van der Waals surface area contributed by atoms with Crippen molar-refractivity contribution in [3.8, 4) is 11.3 Å². The maximum Gasteiger partial charge on any atom is 0.327 e. The van der Waals surface area contributed by atoms with Gasteiger partial charge < -0.3 is 14.9 Å². The smallest absolute Gasteiger partial charge is 0.327 e. The Morgan fingerprint density at radius 3 is 2.85 bits per heavy atom. The van der Waals surface area contributed by atoms with Crippen molar-refractivity contribution in [1.29, 1.82) is 0 Å². The fraction of sp³-hybridized carbons (Fsp3) is 0.200. The van der Waals surface area contributed by atoms with Crippen molar-refractivity contribution in [2.45, 2.75) is 25.9 Å². The minimum atomic E-state index is -0.337. The van der Waals surface area contributed by atoms with Gasteiger partial charge >= 0.3 is 5.69 Å². The quantitative estimate of drug-likeness (QED) is 0.315. The Hall–Kier alpha value is -4.07. The fourth-order valence-corrected chi connectivity index (χ4v) is 4.24. The number of nitrogens with zero attached hydrogens (tertiary/aromatic N) is 3. The number of H-pyrrole nitrogens is 2. The molecule has 0 bridgehead atoms. The van der Waals surface area contributed by atoms with Crippen molar-refractivity contribution in [2.75, 3.05) is 11.9 Å². The molecule has 0 spiro atoms. The van der Waals surface area contributed by atoms with Crippen LogP contribution in [0.2, 0.25) is 0 Å². The lowest BCUT2D eigenvalue weighted by Crippen LogP contribution is -2.18. The second kappa shape index (κ2) is 9.20. The summed E-state index contributed by atoms with van der Waals surface area (Å²) in [4.78, 5) is 23.1. The minimum absolute atomic E-state index is 0.213. The molecule has 0 radical (unpaired) electrons. The van der Waals surface area contributed by atoms with E-state index in [0.717, 1.165) is 24.9 Å². The van der Waals surface area contributed by atoms with Crippen LogP contribution in [0.1, 0.15) is 12.0 Å². The van der Waals surface area contributed by atoms with Gasteiger partial charge in [0.25, 0.3) is 0 Å². The first-order valence-corrected chi connectivity index (χ1v) is 11.0. The highest BCUT2D eigenvalue weighted by Gasteiger charge is 2.16. The number of aryl methyl sites for hydroxylation is 1. The number of para-hydroxylation sites is 1. The number of halogens is 1. The van der Waals surface area contributed by atoms with Gasteiger partial charge in [0, 0.05) is 54.7 Å². The Balaban J connectivity index is 1.38. The van der Waals surface area contributed by atoms with Crippen LogP contribution in [-0.2, 0) is 19.5 Å². The molecule has 5 aromatic rings. The number of aromatic nitrogens is 5. The van der Waals surface area contributed by atoms with Gasteiger partial charge in [-0.15, -0.1) is 0 Å². The van der Waals surface area contributed by atoms with Crippen LogP contribution in [0.25, 0.3) is 22.2 Å². The number of rotatable bonds is 9. The van der Waals surface area contributed by atoms with E-state index in [1.54, 1.807) is 23.2 Å². The van der Waals surface area contributed by atoms with Crippen molar-refractivity contribution >= 4 is 16.7 Å². The maximum atomic E-state index is 14.0. The summed E-state index contributed by atoms with van der Waals surface area (Å²) in [5, 5.41) is 4.56. The zero-order valence-corrected chi connectivity index (χ0v) is 18.1. The van der Waals surface area contributed by atoms with Crippen LogP contribution in [0, 0.1) is 5.82 Å². The molecule has 3 N–H and O–H groups in total. The van der Waals surface area contributed by atoms with Crippen molar-refractivity contribution in [1.82, 2.24) is 24.1 Å². The Morgan fingerprint density at radius 1 is 1.09 bits per heavy atom. The third-order valence-electron chi connectivity index (χ3n) is 5.81. The normalized spacial score (nSPS) is 11.3. The molecule has 168 valence electrons. The van der Waals surface area contributed by atoms with E-state index in [-0.39, 0.29) is 11.5 Å². The van der Waals surface area contributed by atoms with Crippen molar-refractivity contribution < 1.29 is 4.39 Å². The first kappa shape index (κ1) is 20.8. The highest BCUT2D eigenvalue weighted by atomic mass is 19.1. The van der Waals surface area contributed by atoms with Gasteiger partial charge in [0.2, 0.25) is 0 Å². The second-order valence-electron chi connectivity index (χ2n) is 8.01. The zero-order valence-electron chi connectivity index (χ0n) is 18.1. The summed E-state index contributed by atoms with van der Waals surface area (Å²) in [6.07, 6.45) is 8.92. The van der Waals surface area contributed by atoms with E-state index in [4.69, 9.17) is 0 Å². The summed E-state index contributed by atoms with van der Waals surface area (Å²) < 4.78 is 17.7. The van der Waals surface area contributed by atoms with Crippen LogP contribution >= 0.6 is 0 Å². The Kier molecular flexibility index (Phi) is 5.80. The van der Waals surface area contributed by atoms with Gasteiger partial charge in [0.1, 0.15) is 11.6 Å². The van der Waals surface area contributed by atoms with Crippen LogP contribution in [0.3, 0.4) is 0 Å². The molecule has 0 amide bonds. The van der Waals surface area contributed by atoms with Gasteiger partial charge in [-0.1, -0.05) is 30.3 Å². The average molecular weight is 445 g/mol. The minimum Gasteiger partial charge on any atom is -0.369 e. The lowest BCUT2D eigenvalue weighted by atomic mass is 10.1. The van der Waals surface area contributed by atoms with E-state index < -0.39 is 0 Å². The maximum absolute atomic E-state index is 14.0. The number of anilines is 1. The van der Waals surface area contributed by atoms with Gasteiger partial charge in [0.15, 0.2) is 0 Å². The lowest BCUT2D eigenvalue weighted by Gasteiger charge is -2.12. The average Bonchev–Trinajstić information content (AvgIpc) is 3.54. The SMILES string of the molecule is O=c1[nH]c(NCCc2c[nH]c3ccccc23)c(-c2cccc(F)c2)n1CCCn1ccnc1. The number of aromatic amines is 2. The summed E-state index contributed by atoms with van der Waals surface area (Å²) in [6.45, 7) is 1.87. The molecule has 8 heteroatoms. The molecule has 0 saturated carbocycles. The van der Waals surface area contributed by atoms with Crippen LogP contribution < -0.4 is 11.0 Å². The predicted octanol–water partition coefficient (Wildman–Crippen LogP) is 4.41. The lowest BCUT2D eigenvalue weighted by molar-refractivity contribution is 0.556. The molecule has 5 rings (SSSR count). The van der Waals surface area contributed by atoms with Crippen LogP contribution in [0.5, 0.6) is 0 Å². The number of imidazole rings is 2. The molecular formula is C25H25FN6O. The Labute approximate surface area is 189 Å². The third kappa shape index (κ3) is 4.45. The summed E-state index contributed by atoms with van der Waals surface area (Å²) in [5.74, 6) is 0.268. The first-order chi connectivity index (χ1) is 16.2. The molecule has 3 heterocycles. The molecular weight excluding hydrogens is 419 g/mol. The molecule has 33 heavy (non-hydrogen) atoms.